The third kappa shape index (κ3) is 4.30. The summed E-state index contributed by atoms with van der Waals surface area (Å²) >= 11 is 0. The maximum absolute atomic E-state index is 13.1. The van der Waals surface area contributed by atoms with Crippen molar-refractivity contribution in [3.8, 4) is 11.5 Å². The van der Waals surface area contributed by atoms with Crippen LogP contribution < -0.4 is 9.47 Å². The van der Waals surface area contributed by atoms with Crippen LogP contribution in [-0.4, -0.2) is 57.0 Å². The number of imidazole rings is 1. The smallest absolute Gasteiger partial charge is 0.295 e. The number of aryl methyl sites for hydroxylation is 1. The number of hydrogen-bond acceptors (Lipinski definition) is 7. The SMILES string of the molecule is COc1ccc(/C(O)=C2\C(=O)C(=O)N(CCCn3ccnc3)[C@@H]2c2cccnc2)c(OC)c1. The van der Waals surface area contributed by atoms with Crippen LogP contribution >= 0.6 is 0 Å². The minimum atomic E-state index is -0.770. The summed E-state index contributed by atoms with van der Waals surface area (Å²) in [5.41, 5.74) is 0.927. The lowest BCUT2D eigenvalue weighted by Gasteiger charge is -2.25. The first-order valence-corrected chi connectivity index (χ1v) is 10.4. The standard InChI is InChI=1S/C24H24N4O5/c1-32-17-6-7-18(19(13-17)33-2)22(29)20-21(16-5-3-8-25-14-16)28(24(31)23(20)30)11-4-10-27-12-9-26-15-27/h3,5-9,12-15,21,29H,4,10-11H2,1-2H3/b22-20+/t21-/m1/s1. The molecule has 170 valence electrons. The number of methoxy groups -OCH3 is 2. The number of benzene rings is 1. The van der Waals surface area contributed by atoms with Crippen LogP contribution in [0.15, 0.2) is 67.0 Å². The molecule has 1 amide bonds. The number of pyridine rings is 1. The van der Waals surface area contributed by atoms with E-state index >= 15 is 0 Å². The molecule has 9 nitrogen and oxygen atoms in total. The van der Waals surface area contributed by atoms with Crippen LogP contribution in [0.3, 0.4) is 0 Å². The minimum absolute atomic E-state index is 0.000835. The van der Waals surface area contributed by atoms with E-state index in [0.29, 0.717) is 42.1 Å². The van der Waals surface area contributed by atoms with Gasteiger partial charge in [0.25, 0.3) is 11.7 Å². The number of nitrogens with zero attached hydrogens (tertiary/aromatic N) is 4. The molecular weight excluding hydrogens is 424 g/mol. The molecule has 1 saturated heterocycles. The summed E-state index contributed by atoms with van der Waals surface area (Å²) in [5, 5.41) is 11.2. The summed E-state index contributed by atoms with van der Waals surface area (Å²) < 4.78 is 12.5. The van der Waals surface area contributed by atoms with Gasteiger partial charge < -0.3 is 24.0 Å². The Hall–Kier alpha value is -4.14. The lowest BCUT2D eigenvalue weighted by Crippen LogP contribution is -2.31. The molecule has 0 bridgehead atoms. The van der Waals surface area contributed by atoms with E-state index in [4.69, 9.17) is 9.47 Å². The highest BCUT2D eigenvalue weighted by atomic mass is 16.5. The first-order chi connectivity index (χ1) is 16.0. The zero-order valence-electron chi connectivity index (χ0n) is 18.3. The summed E-state index contributed by atoms with van der Waals surface area (Å²) in [5.74, 6) is -0.862. The summed E-state index contributed by atoms with van der Waals surface area (Å²) in [6, 6.07) is 7.60. The Balaban J connectivity index is 1.75. The van der Waals surface area contributed by atoms with Crippen molar-refractivity contribution in [3.05, 3.63) is 78.1 Å². The second-order valence-electron chi connectivity index (χ2n) is 7.50. The number of rotatable bonds is 8. The van der Waals surface area contributed by atoms with Gasteiger partial charge >= 0.3 is 0 Å². The van der Waals surface area contributed by atoms with Gasteiger partial charge in [0.2, 0.25) is 0 Å². The fourth-order valence-corrected chi connectivity index (χ4v) is 3.98. The maximum atomic E-state index is 13.1. The average molecular weight is 448 g/mol. The summed E-state index contributed by atoms with van der Waals surface area (Å²) in [6.07, 6.45) is 9.03. The van der Waals surface area contributed by atoms with Gasteiger partial charge in [-0.3, -0.25) is 14.6 Å². The van der Waals surface area contributed by atoms with Gasteiger partial charge in [0.1, 0.15) is 17.3 Å². The molecule has 4 rings (SSSR count). The van der Waals surface area contributed by atoms with Gasteiger partial charge in [-0.1, -0.05) is 6.07 Å². The highest BCUT2D eigenvalue weighted by Gasteiger charge is 2.46. The summed E-state index contributed by atoms with van der Waals surface area (Å²) in [6.45, 7) is 0.952. The van der Waals surface area contributed by atoms with E-state index in [9.17, 15) is 14.7 Å². The number of Topliss-reactive ketones (excluding diaryl/α,β-unsaturated/α-hetero) is 1. The molecule has 1 aliphatic heterocycles. The van der Waals surface area contributed by atoms with Crippen molar-refractivity contribution < 1.29 is 24.2 Å². The molecule has 3 aromatic rings. The lowest BCUT2D eigenvalue weighted by atomic mass is 9.96. The van der Waals surface area contributed by atoms with Crippen molar-refractivity contribution in [1.82, 2.24) is 19.4 Å². The number of aliphatic hydroxyl groups excluding tert-OH is 1. The number of carbonyl (C=O) groups excluding carboxylic acids is 2. The van der Waals surface area contributed by atoms with E-state index in [2.05, 4.69) is 9.97 Å². The third-order valence-electron chi connectivity index (χ3n) is 5.58. The fraction of sp³-hybridized carbons (Fsp3) is 0.250. The largest absolute Gasteiger partial charge is 0.507 e. The average Bonchev–Trinajstić information content (AvgIpc) is 3.46. The van der Waals surface area contributed by atoms with E-state index in [1.165, 1.54) is 19.1 Å². The van der Waals surface area contributed by atoms with Crippen LogP contribution in [0.5, 0.6) is 11.5 Å². The van der Waals surface area contributed by atoms with Gasteiger partial charge in [-0.25, -0.2) is 4.98 Å². The molecule has 0 unspecified atom stereocenters. The van der Waals surface area contributed by atoms with Crippen LogP contribution in [0.2, 0.25) is 0 Å². The molecule has 0 radical (unpaired) electrons. The number of amides is 1. The first-order valence-electron chi connectivity index (χ1n) is 10.4. The second kappa shape index (κ2) is 9.56. The van der Waals surface area contributed by atoms with Crippen LogP contribution in [0, 0.1) is 0 Å². The summed E-state index contributed by atoms with van der Waals surface area (Å²) in [7, 11) is 2.98. The zero-order valence-corrected chi connectivity index (χ0v) is 18.3. The Bertz CT molecular complexity index is 1170. The van der Waals surface area contributed by atoms with Gasteiger partial charge in [0.05, 0.1) is 37.7 Å². The van der Waals surface area contributed by atoms with Crippen molar-refractivity contribution in [3.63, 3.8) is 0 Å². The predicted molar refractivity (Wildman–Crippen MR) is 120 cm³/mol. The molecule has 33 heavy (non-hydrogen) atoms. The van der Waals surface area contributed by atoms with Crippen molar-refractivity contribution in [2.75, 3.05) is 20.8 Å². The molecule has 3 heterocycles. The normalized spacial score (nSPS) is 17.4. The van der Waals surface area contributed by atoms with Crippen LogP contribution in [0.25, 0.3) is 5.76 Å². The lowest BCUT2D eigenvalue weighted by molar-refractivity contribution is -0.139. The molecule has 1 aromatic carbocycles. The van der Waals surface area contributed by atoms with Crippen LogP contribution in [0.1, 0.15) is 23.6 Å². The van der Waals surface area contributed by atoms with Crippen molar-refractivity contribution in [2.45, 2.75) is 19.0 Å². The maximum Gasteiger partial charge on any atom is 0.295 e. The fourth-order valence-electron chi connectivity index (χ4n) is 3.98. The van der Waals surface area contributed by atoms with Gasteiger partial charge in [0.15, 0.2) is 0 Å². The van der Waals surface area contributed by atoms with E-state index in [-0.39, 0.29) is 11.3 Å². The van der Waals surface area contributed by atoms with Gasteiger partial charge in [-0.15, -0.1) is 0 Å². The highest BCUT2D eigenvalue weighted by Crippen LogP contribution is 2.41. The molecule has 0 spiro atoms. The van der Waals surface area contributed by atoms with Gasteiger partial charge in [0, 0.05) is 43.9 Å². The number of hydrogen-bond donors (Lipinski definition) is 1. The number of aliphatic hydroxyl groups is 1. The molecular formula is C24H24N4O5. The number of carbonyl (C=O) groups is 2. The monoisotopic (exact) mass is 448 g/mol. The Labute approximate surface area is 190 Å². The Morgan fingerprint density at radius 2 is 1.94 bits per heavy atom. The number of aromatic nitrogens is 3. The Morgan fingerprint density at radius 1 is 1.09 bits per heavy atom. The van der Waals surface area contributed by atoms with Crippen LogP contribution in [-0.2, 0) is 16.1 Å². The Kier molecular flexibility index (Phi) is 6.39. The third-order valence-corrected chi connectivity index (χ3v) is 5.58. The van der Waals surface area contributed by atoms with Gasteiger partial charge in [-0.05, 0) is 30.2 Å². The van der Waals surface area contributed by atoms with Crippen LogP contribution in [0.4, 0.5) is 0 Å². The molecule has 1 N–H and O–H groups in total. The van der Waals surface area contributed by atoms with Gasteiger partial charge in [-0.2, -0.15) is 0 Å². The van der Waals surface area contributed by atoms with Crippen molar-refractivity contribution in [2.24, 2.45) is 0 Å². The number of ketones is 1. The minimum Gasteiger partial charge on any atom is -0.507 e. The first kappa shape index (κ1) is 22.1. The van der Waals surface area contributed by atoms with Crippen molar-refractivity contribution in [1.29, 1.82) is 0 Å². The molecule has 2 aromatic heterocycles. The topological polar surface area (TPSA) is 107 Å². The van der Waals surface area contributed by atoms with E-state index in [0.717, 1.165) is 0 Å². The summed E-state index contributed by atoms with van der Waals surface area (Å²) in [4.78, 5) is 35.8. The Morgan fingerprint density at radius 3 is 2.61 bits per heavy atom. The molecule has 0 aliphatic carbocycles. The zero-order chi connectivity index (χ0) is 23.4. The van der Waals surface area contributed by atoms with E-state index < -0.39 is 17.7 Å². The second-order valence-corrected chi connectivity index (χ2v) is 7.50. The van der Waals surface area contributed by atoms with E-state index in [1.54, 1.807) is 55.2 Å². The number of ether oxygens (including phenoxy) is 2. The van der Waals surface area contributed by atoms with E-state index in [1.807, 2.05) is 10.8 Å². The number of likely N-dealkylation sites (tertiary alicyclic amines) is 1. The predicted octanol–water partition coefficient (Wildman–Crippen LogP) is 2.81. The molecule has 1 aliphatic rings. The highest BCUT2D eigenvalue weighted by molar-refractivity contribution is 6.46. The molecule has 9 heteroatoms. The quantitative estimate of drug-likeness (QED) is 0.321. The molecule has 1 atom stereocenters. The molecule has 1 fully saturated rings. The van der Waals surface area contributed by atoms with Crippen molar-refractivity contribution >= 4 is 17.4 Å². The molecule has 0 saturated carbocycles.